The van der Waals surface area contributed by atoms with Gasteiger partial charge >= 0.3 is 0 Å². The Hall–Kier alpha value is -2.73. The zero-order valence-electron chi connectivity index (χ0n) is 15.4. The average molecular weight is 370 g/mol. The number of methoxy groups -OCH3 is 1. The second-order valence-corrected chi connectivity index (χ2v) is 6.61. The maximum absolute atomic E-state index is 13.0. The number of hydrogen-bond acceptors (Lipinski definition) is 4. The van der Waals surface area contributed by atoms with Gasteiger partial charge in [0.25, 0.3) is 0 Å². The van der Waals surface area contributed by atoms with Gasteiger partial charge in [0.2, 0.25) is 5.91 Å². The Bertz CT molecular complexity index is 782. The fraction of sp³-hybridized carbons (Fsp3) is 0.333. The lowest BCUT2D eigenvalue weighted by Crippen LogP contribution is -2.50. The van der Waals surface area contributed by atoms with Crippen molar-refractivity contribution in [1.29, 1.82) is 0 Å². The van der Waals surface area contributed by atoms with Crippen LogP contribution in [0.1, 0.15) is 15.9 Å². The Balaban J connectivity index is 1.47. The van der Waals surface area contributed by atoms with Gasteiger partial charge in [-0.1, -0.05) is 12.1 Å². The fourth-order valence-corrected chi connectivity index (χ4v) is 3.12. The van der Waals surface area contributed by atoms with Crippen LogP contribution in [0.5, 0.6) is 5.75 Å². The first kappa shape index (κ1) is 19.0. The van der Waals surface area contributed by atoms with Crippen LogP contribution < -0.4 is 4.74 Å². The number of halogens is 1. The minimum absolute atomic E-state index is 0.0303. The molecule has 1 aliphatic heterocycles. The number of ketones is 1. The van der Waals surface area contributed by atoms with E-state index in [0.29, 0.717) is 38.3 Å². The summed E-state index contributed by atoms with van der Waals surface area (Å²) in [5, 5.41) is 0. The van der Waals surface area contributed by atoms with Crippen LogP contribution in [0.3, 0.4) is 0 Å². The van der Waals surface area contributed by atoms with Crippen LogP contribution in [-0.2, 0) is 11.2 Å². The molecule has 1 amide bonds. The minimum Gasteiger partial charge on any atom is -0.497 e. The van der Waals surface area contributed by atoms with Crippen LogP contribution in [-0.4, -0.2) is 61.3 Å². The summed E-state index contributed by atoms with van der Waals surface area (Å²) in [7, 11) is 1.59. The fourth-order valence-electron chi connectivity index (χ4n) is 3.12. The second kappa shape index (κ2) is 8.77. The largest absolute Gasteiger partial charge is 0.497 e. The highest BCUT2D eigenvalue weighted by Crippen LogP contribution is 2.13. The molecule has 0 saturated carbocycles. The number of rotatable bonds is 6. The molecule has 6 heteroatoms. The van der Waals surface area contributed by atoms with E-state index >= 15 is 0 Å². The number of piperazine rings is 1. The molecule has 0 N–H and O–H groups in total. The maximum atomic E-state index is 13.0. The third-order valence-electron chi connectivity index (χ3n) is 4.77. The summed E-state index contributed by atoms with van der Waals surface area (Å²) in [4.78, 5) is 28.7. The van der Waals surface area contributed by atoms with E-state index in [-0.39, 0.29) is 23.9 Å². The van der Waals surface area contributed by atoms with Crippen molar-refractivity contribution in [3.63, 3.8) is 0 Å². The van der Waals surface area contributed by atoms with Crippen LogP contribution in [0.2, 0.25) is 0 Å². The van der Waals surface area contributed by atoms with E-state index in [0.717, 1.165) is 11.3 Å². The molecule has 0 bridgehead atoms. The number of benzene rings is 2. The minimum atomic E-state index is -0.304. The van der Waals surface area contributed by atoms with Gasteiger partial charge in [-0.15, -0.1) is 0 Å². The third kappa shape index (κ3) is 5.14. The first-order chi connectivity index (χ1) is 13.0. The molecule has 3 rings (SSSR count). The topological polar surface area (TPSA) is 49.9 Å². The summed E-state index contributed by atoms with van der Waals surface area (Å²) in [5.74, 6) is 0.507. The van der Waals surface area contributed by atoms with Gasteiger partial charge in [-0.05, 0) is 42.0 Å². The third-order valence-corrected chi connectivity index (χ3v) is 4.77. The summed E-state index contributed by atoms with van der Waals surface area (Å²) in [6.07, 6.45) is 0.269. The molecule has 1 heterocycles. The van der Waals surface area contributed by atoms with E-state index < -0.39 is 0 Å². The average Bonchev–Trinajstić information content (AvgIpc) is 2.70. The van der Waals surface area contributed by atoms with Gasteiger partial charge in [-0.3, -0.25) is 14.5 Å². The van der Waals surface area contributed by atoms with E-state index in [1.54, 1.807) is 48.4 Å². The molecule has 5 nitrogen and oxygen atoms in total. The van der Waals surface area contributed by atoms with Crippen LogP contribution in [0.4, 0.5) is 4.39 Å². The smallest absolute Gasteiger partial charge is 0.227 e. The van der Waals surface area contributed by atoms with Crippen molar-refractivity contribution < 1.29 is 18.7 Å². The summed E-state index contributed by atoms with van der Waals surface area (Å²) >= 11 is 0. The normalized spacial score (nSPS) is 14.8. The molecule has 0 atom stereocenters. The predicted octanol–water partition coefficient (Wildman–Crippen LogP) is 2.40. The van der Waals surface area contributed by atoms with Gasteiger partial charge in [0.05, 0.1) is 20.1 Å². The molecule has 0 aromatic heterocycles. The first-order valence-corrected chi connectivity index (χ1v) is 8.97. The molecule has 142 valence electrons. The van der Waals surface area contributed by atoms with Crippen molar-refractivity contribution in [3.8, 4) is 5.75 Å². The van der Waals surface area contributed by atoms with E-state index in [2.05, 4.69) is 4.90 Å². The van der Waals surface area contributed by atoms with E-state index in [4.69, 9.17) is 4.74 Å². The lowest BCUT2D eigenvalue weighted by Gasteiger charge is -2.34. The molecule has 0 radical (unpaired) electrons. The molecule has 0 spiro atoms. The highest BCUT2D eigenvalue weighted by atomic mass is 19.1. The Morgan fingerprint density at radius 2 is 1.59 bits per heavy atom. The van der Waals surface area contributed by atoms with Crippen molar-refractivity contribution in [2.24, 2.45) is 0 Å². The van der Waals surface area contributed by atoms with Crippen molar-refractivity contribution >= 4 is 11.7 Å². The Morgan fingerprint density at radius 1 is 0.963 bits per heavy atom. The van der Waals surface area contributed by atoms with E-state index in [1.807, 2.05) is 0 Å². The molecule has 1 aliphatic rings. The maximum Gasteiger partial charge on any atom is 0.227 e. The van der Waals surface area contributed by atoms with Crippen molar-refractivity contribution in [2.75, 3.05) is 39.8 Å². The van der Waals surface area contributed by atoms with Gasteiger partial charge in [0.15, 0.2) is 5.78 Å². The number of Topliss-reactive ketones (excluding diaryl/α,β-unsaturated/α-hetero) is 1. The highest BCUT2D eigenvalue weighted by Gasteiger charge is 2.22. The van der Waals surface area contributed by atoms with Crippen LogP contribution in [0.15, 0.2) is 48.5 Å². The number of carbonyl (C=O) groups is 2. The number of hydrogen-bond donors (Lipinski definition) is 0. The molecule has 1 saturated heterocycles. The number of ether oxygens (including phenoxy) is 1. The van der Waals surface area contributed by atoms with Gasteiger partial charge in [-0.25, -0.2) is 4.39 Å². The molecular formula is C21H23FN2O3. The van der Waals surface area contributed by atoms with Gasteiger partial charge in [-0.2, -0.15) is 0 Å². The van der Waals surface area contributed by atoms with Crippen molar-refractivity contribution in [3.05, 3.63) is 65.5 Å². The Labute approximate surface area is 158 Å². The molecular weight excluding hydrogens is 347 g/mol. The van der Waals surface area contributed by atoms with E-state index in [9.17, 15) is 14.0 Å². The number of carbonyl (C=O) groups excluding carboxylic acids is 2. The number of nitrogens with zero attached hydrogens (tertiary/aromatic N) is 2. The van der Waals surface area contributed by atoms with Crippen LogP contribution >= 0.6 is 0 Å². The zero-order chi connectivity index (χ0) is 19.2. The van der Waals surface area contributed by atoms with E-state index in [1.165, 1.54) is 12.1 Å². The van der Waals surface area contributed by atoms with Crippen LogP contribution in [0, 0.1) is 5.82 Å². The molecule has 0 unspecified atom stereocenters. The molecule has 2 aromatic carbocycles. The van der Waals surface area contributed by atoms with Crippen molar-refractivity contribution in [2.45, 2.75) is 6.42 Å². The number of amides is 1. The summed E-state index contributed by atoms with van der Waals surface area (Å²) in [6, 6.07) is 13.1. The molecule has 0 aliphatic carbocycles. The highest BCUT2D eigenvalue weighted by molar-refractivity contribution is 5.97. The molecule has 27 heavy (non-hydrogen) atoms. The van der Waals surface area contributed by atoms with Gasteiger partial charge in [0.1, 0.15) is 11.6 Å². The lowest BCUT2D eigenvalue weighted by atomic mass is 10.1. The Kier molecular flexibility index (Phi) is 6.19. The summed E-state index contributed by atoms with van der Waals surface area (Å²) in [6.45, 7) is 2.85. The first-order valence-electron chi connectivity index (χ1n) is 8.97. The zero-order valence-corrected chi connectivity index (χ0v) is 15.4. The standard InChI is InChI=1S/C21H23FN2O3/c1-27-19-8-4-17(5-9-19)20(25)15-23-10-12-24(13-11-23)21(26)14-16-2-6-18(22)7-3-16/h2-9H,10-15H2,1H3. The second-order valence-electron chi connectivity index (χ2n) is 6.61. The predicted molar refractivity (Wildman–Crippen MR) is 100 cm³/mol. The quantitative estimate of drug-likeness (QED) is 0.733. The van der Waals surface area contributed by atoms with Crippen molar-refractivity contribution in [1.82, 2.24) is 9.80 Å². The lowest BCUT2D eigenvalue weighted by molar-refractivity contribution is -0.132. The monoisotopic (exact) mass is 370 g/mol. The SMILES string of the molecule is COc1ccc(C(=O)CN2CCN(C(=O)Cc3ccc(F)cc3)CC2)cc1. The Morgan fingerprint density at radius 3 is 2.19 bits per heavy atom. The molecule has 2 aromatic rings. The summed E-state index contributed by atoms with van der Waals surface area (Å²) in [5.41, 5.74) is 1.46. The van der Waals surface area contributed by atoms with Gasteiger partial charge in [0, 0.05) is 31.7 Å². The van der Waals surface area contributed by atoms with Crippen LogP contribution in [0.25, 0.3) is 0 Å². The summed E-state index contributed by atoms with van der Waals surface area (Å²) < 4.78 is 18.1. The molecule has 1 fully saturated rings. The van der Waals surface area contributed by atoms with Gasteiger partial charge < -0.3 is 9.64 Å².